The molecule has 1 aromatic rings. The van der Waals surface area contributed by atoms with Gasteiger partial charge in [-0.2, -0.15) is 0 Å². The molecule has 14 heavy (non-hydrogen) atoms. The maximum absolute atomic E-state index is 5.78. The van der Waals surface area contributed by atoms with Gasteiger partial charge in [0.2, 0.25) is 0 Å². The maximum Gasteiger partial charge on any atom is 0.0316 e. The molecule has 0 amide bonds. The van der Waals surface area contributed by atoms with Gasteiger partial charge in [0.15, 0.2) is 0 Å². The lowest BCUT2D eigenvalue weighted by Crippen LogP contribution is -2.24. The summed E-state index contributed by atoms with van der Waals surface area (Å²) in [6.45, 7) is 0. The molecule has 0 bridgehead atoms. The molecule has 0 spiro atoms. The predicted octanol–water partition coefficient (Wildman–Crippen LogP) is 1.74. The van der Waals surface area contributed by atoms with Gasteiger partial charge in [0.1, 0.15) is 0 Å². The number of nitrogen functional groups attached to an aromatic ring is 1. The van der Waals surface area contributed by atoms with E-state index in [4.69, 9.17) is 5.73 Å². The lowest BCUT2D eigenvalue weighted by atomic mass is 10.0. The number of nitrogens with one attached hydrogen (secondary N) is 1. The van der Waals surface area contributed by atoms with Crippen molar-refractivity contribution < 1.29 is 0 Å². The molecule has 2 heteroatoms. The van der Waals surface area contributed by atoms with Crippen LogP contribution in [0.5, 0.6) is 0 Å². The zero-order valence-electron chi connectivity index (χ0n) is 8.72. The molecule has 1 aliphatic carbocycles. The molecule has 0 saturated carbocycles. The van der Waals surface area contributed by atoms with Crippen LogP contribution >= 0.6 is 0 Å². The van der Waals surface area contributed by atoms with Crippen LogP contribution in [-0.4, -0.2) is 13.1 Å². The van der Waals surface area contributed by atoms with Crippen molar-refractivity contribution in [3.8, 4) is 0 Å². The Morgan fingerprint density at radius 1 is 1.21 bits per heavy atom. The molecule has 1 aliphatic rings. The molecular formula is C12H18N2. The molecule has 76 valence electrons. The highest BCUT2D eigenvalue weighted by atomic mass is 14.9. The van der Waals surface area contributed by atoms with E-state index in [2.05, 4.69) is 24.5 Å². The molecule has 2 rings (SSSR count). The van der Waals surface area contributed by atoms with E-state index in [9.17, 15) is 0 Å². The minimum Gasteiger partial charge on any atom is -0.399 e. The van der Waals surface area contributed by atoms with Gasteiger partial charge in [0.25, 0.3) is 0 Å². The Morgan fingerprint density at radius 2 is 1.93 bits per heavy atom. The molecule has 1 aromatic carbocycles. The van der Waals surface area contributed by atoms with Gasteiger partial charge in [-0.15, -0.1) is 0 Å². The smallest absolute Gasteiger partial charge is 0.0316 e. The average Bonchev–Trinajstić information content (AvgIpc) is 2.39. The zero-order chi connectivity index (χ0) is 9.97. The van der Waals surface area contributed by atoms with Crippen molar-refractivity contribution in [3.63, 3.8) is 0 Å². The molecule has 1 atom stereocenters. The second-order valence-corrected chi connectivity index (χ2v) is 4.09. The summed E-state index contributed by atoms with van der Waals surface area (Å²) in [5, 5.41) is 3.36. The van der Waals surface area contributed by atoms with Crippen molar-refractivity contribution in [2.45, 2.75) is 31.7 Å². The Bertz CT molecular complexity index is 320. The first-order chi connectivity index (χ1) is 6.79. The highest BCUT2D eigenvalue weighted by molar-refractivity contribution is 5.45. The van der Waals surface area contributed by atoms with Crippen LogP contribution in [0.15, 0.2) is 18.2 Å². The lowest BCUT2D eigenvalue weighted by Gasteiger charge is -2.11. The molecule has 2 nitrogen and oxygen atoms in total. The topological polar surface area (TPSA) is 38.0 Å². The largest absolute Gasteiger partial charge is 0.399 e. The third-order valence-electron chi connectivity index (χ3n) is 3.16. The zero-order valence-corrected chi connectivity index (χ0v) is 8.72. The van der Waals surface area contributed by atoms with E-state index in [0.717, 1.165) is 12.1 Å². The van der Waals surface area contributed by atoms with Gasteiger partial charge in [-0.25, -0.2) is 0 Å². The maximum atomic E-state index is 5.78. The normalized spacial score (nSPS) is 21.4. The highest BCUT2D eigenvalue weighted by Crippen LogP contribution is 2.22. The van der Waals surface area contributed by atoms with E-state index < -0.39 is 0 Å². The first-order valence-electron chi connectivity index (χ1n) is 5.34. The van der Waals surface area contributed by atoms with E-state index in [1.54, 1.807) is 0 Å². The molecule has 0 heterocycles. The Labute approximate surface area is 85.5 Å². The minimum atomic E-state index is 0.670. The van der Waals surface area contributed by atoms with E-state index in [1.165, 1.54) is 30.4 Å². The fourth-order valence-electron chi connectivity index (χ4n) is 2.21. The number of rotatable bonds is 1. The lowest BCUT2D eigenvalue weighted by molar-refractivity contribution is 0.503. The van der Waals surface area contributed by atoms with Crippen molar-refractivity contribution >= 4 is 5.69 Å². The Morgan fingerprint density at radius 3 is 2.64 bits per heavy atom. The fourth-order valence-corrected chi connectivity index (χ4v) is 2.21. The van der Waals surface area contributed by atoms with Gasteiger partial charge in [-0.1, -0.05) is 6.07 Å². The summed E-state index contributed by atoms with van der Waals surface area (Å²) in [4.78, 5) is 0. The molecule has 3 N–H and O–H groups in total. The Kier molecular flexibility index (Phi) is 2.73. The van der Waals surface area contributed by atoms with E-state index >= 15 is 0 Å². The van der Waals surface area contributed by atoms with Crippen LogP contribution in [0, 0.1) is 0 Å². The van der Waals surface area contributed by atoms with Crippen molar-refractivity contribution in [2.75, 3.05) is 12.8 Å². The quantitative estimate of drug-likeness (QED) is 0.523. The molecule has 0 saturated heterocycles. The molecule has 0 aromatic heterocycles. The number of hydrogen-bond donors (Lipinski definition) is 2. The summed E-state index contributed by atoms with van der Waals surface area (Å²) in [5.74, 6) is 0. The predicted molar refractivity (Wildman–Crippen MR) is 60.3 cm³/mol. The first-order valence-corrected chi connectivity index (χ1v) is 5.34. The minimum absolute atomic E-state index is 0.670. The fraction of sp³-hybridized carbons (Fsp3) is 0.500. The Balaban J connectivity index is 2.21. The molecule has 0 aliphatic heterocycles. The summed E-state index contributed by atoms with van der Waals surface area (Å²) in [7, 11) is 2.05. The van der Waals surface area contributed by atoms with Crippen molar-refractivity contribution in [3.05, 3.63) is 29.3 Å². The van der Waals surface area contributed by atoms with Crippen LogP contribution in [-0.2, 0) is 12.8 Å². The third-order valence-corrected chi connectivity index (χ3v) is 3.16. The molecular weight excluding hydrogens is 172 g/mol. The van der Waals surface area contributed by atoms with Gasteiger partial charge in [-0.3, -0.25) is 0 Å². The average molecular weight is 190 g/mol. The van der Waals surface area contributed by atoms with Gasteiger partial charge in [0, 0.05) is 11.7 Å². The SMILES string of the molecule is CN[C@H]1CCc2ccc(N)cc2CC1. The van der Waals surface area contributed by atoms with Gasteiger partial charge >= 0.3 is 0 Å². The summed E-state index contributed by atoms with van der Waals surface area (Å²) in [6, 6.07) is 7.00. The summed E-state index contributed by atoms with van der Waals surface area (Å²) >= 11 is 0. The standard InChI is InChI=1S/C12H18N2/c1-14-12-6-3-9-2-5-11(13)8-10(9)4-7-12/h2,5,8,12,14H,3-4,6-7,13H2,1H3/t12-/m0/s1. The second-order valence-electron chi connectivity index (χ2n) is 4.09. The number of anilines is 1. The third kappa shape index (κ3) is 1.90. The second kappa shape index (κ2) is 4.01. The number of hydrogen-bond acceptors (Lipinski definition) is 2. The van der Waals surface area contributed by atoms with Gasteiger partial charge in [0.05, 0.1) is 0 Å². The molecule has 0 unspecified atom stereocenters. The number of fused-ring (bicyclic) bond motifs is 1. The van der Waals surface area contributed by atoms with Crippen molar-refractivity contribution in [1.82, 2.24) is 5.32 Å². The van der Waals surface area contributed by atoms with Crippen LogP contribution in [0.4, 0.5) is 5.69 Å². The summed E-state index contributed by atoms with van der Waals surface area (Å²) < 4.78 is 0. The van der Waals surface area contributed by atoms with Gasteiger partial charge < -0.3 is 11.1 Å². The van der Waals surface area contributed by atoms with Crippen LogP contribution in [0.2, 0.25) is 0 Å². The molecule has 0 fully saturated rings. The first kappa shape index (κ1) is 9.53. The van der Waals surface area contributed by atoms with Crippen LogP contribution in [0.25, 0.3) is 0 Å². The number of nitrogens with two attached hydrogens (primary N) is 1. The van der Waals surface area contributed by atoms with E-state index in [1.807, 2.05) is 6.07 Å². The monoisotopic (exact) mass is 190 g/mol. The highest BCUT2D eigenvalue weighted by Gasteiger charge is 2.14. The number of aryl methyl sites for hydroxylation is 2. The van der Waals surface area contributed by atoms with E-state index in [-0.39, 0.29) is 0 Å². The summed E-state index contributed by atoms with van der Waals surface area (Å²) in [6.07, 6.45) is 4.81. The number of benzene rings is 1. The van der Waals surface area contributed by atoms with Crippen LogP contribution < -0.4 is 11.1 Å². The van der Waals surface area contributed by atoms with Crippen LogP contribution in [0.3, 0.4) is 0 Å². The van der Waals surface area contributed by atoms with Crippen molar-refractivity contribution in [2.24, 2.45) is 0 Å². The van der Waals surface area contributed by atoms with E-state index in [0.29, 0.717) is 6.04 Å². The molecule has 0 radical (unpaired) electrons. The Hall–Kier alpha value is -1.02. The summed E-state index contributed by atoms with van der Waals surface area (Å²) in [5.41, 5.74) is 9.61. The van der Waals surface area contributed by atoms with Crippen molar-refractivity contribution in [1.29, 1.82) is 0 Å². The van der Waals surface area contributed by atoms with Crippen LogP contribution in [0.1, 0.15) is 24.0 Å². The van der Waals surface area contributed by atoms with Gasteiger partial charge in [-0.05, 0) is 56.0 Å².